The fourth-order valence-corrected chi connectivity index (χ4v) is 11.6. The topological polar surface area (TPSA) is 82.5 Å². The highest BCUT2D eigenvalue weighted by molar-refractivity contribution is 7.18. The predicted octanol–water partition coefficient (Wildman–Crippen LogP) is 31.7. The lowest BCUT2D eigenvalue weighted by Crippen LogP contribution is -1.92. The van der Waals surface area contributed by atoms with Gasteiger partial charge >= 0.3 is 0 Å². The Morgan fingerprint density at radius 1 is 0.303 bits per heavy atom. The van der Waals surface area contributed by atoms with Crippen molar-refractivity contribution in [2.45, 2.75) is 180 Å². The maximum atomic E-state index is 5.26. The third kappa shape index (κ3) is 33.3. The summed E-state index contributed by atoms with van der Waals surface area (Å²) in [5.41, 5.74) is 9.63. The Hall–Kier alpha value is -10.4. The first kappa shape index (κ1) is 96.6. The first-order valence-corrected chi connectivity index (χ1v) is 40.9. The Morgan fingerprint density at radius 3 is 1.17 bits per heavy atom. The molecular formula is C100H128N6OS2. The Morgan fingerprint density at radius 2 is 0.706 bits per heavy atom. The van der Waals surface area contributed by atoms with Crippen molar-refractivity contribution in [1.29, 1.82) is 0 Å². The summed E-state index contributed by atoms with van der Waals surface area (Å²) >= 11 is 3.41. The van der Waals surface area contributed by atoms with E-state index in [4.69, 9.17) is 4.42 Å². The van der Waals surface area contributed by atoms with Gasteiger partial charge in [0.25, 0.3) is 0 Å². The monoisotopic (exact) mass is 1490 g/mol. The molecule has 7 nitrogen and oxygen atoms in total. The molecule has 0 saturated carbocycles. The van der Waals surface area contributed by atoms with E-state index in [2.05, 4.69) is 272 Å². The summed E-state index contributed by atoms with van der Waals surface area (Å²) in [5, 5.41) is 27.9. The van der Waals surface area contributed by atoms with Crippen LogP contribution in [0.2, 0.25) is 0 Å². The molecule has 0 spiro atoms. The molecule has 4 heterocycles. The number of nitrogens with zero attached hydrogens (tertiary/aromatic N) is 6. The molecule has 0 fully saturated rings. The average Bonchev–Trinajstić information content (AvgIpc) is 1.62. The van der Waals surface area contributed by atoms with Crippen molar-refractivity contribution < 1.29 is 4.42 Å². The normalized spacial score (nSPS) is 9.24. The van der Waals surface area contributed by atoms with E-state index in [0.717, 1.165) is 44.2 Å². The molecule has 576 valence electrons. The second-order valence-electron chi connectivity index (χ2n) is 22.5. The minimum atomic E-state index is 0.723. The van der Waals surface area contributed by atoms with Gasteiger partial charge in [-0.2, -0.15) is 0 Å². The molecule has 0 aliphatic rings. The third-order valence-corrected chi connectivity index (χ3v) is 17.2. The minimum Gasteiger partial charge on any atom is -0.441 e. The summed E-state index contributed by atoms with van der Waals surface area (Å²) in [6.07, 6.45) is 1.81. The van der Waals surface area contributed by atoms with Crippen LogP contribution in [0.3, 0.4) is 0 Å². The molecule has 17 rings (SSSR count). The Balaban J connectivity index is 0.000000605. The van der Waals surface area contributed by atoms with Crippen molar-refractivity contribution >= 4 is 109 Å². The SMILES string of the molecule is CC.CC.CC.CC.CC.CC.CC.CC.Cc1c2ccccc2cc2ccccc12.Cc1ccc2ccccc2c1.Cc1cccc2cc3ccccc3cc12.Cc1cccc2ccccc12.Cc1ccccc1.Cc1nc2ccccc2o1.Cc1nc2ccccc2s1.Cc1nccs1.Cc1nnc(C)n1C. The Bertz CT molecular complexity index is 4900. The van der Waals surface area contributed by atoms with Crippen LogP contribution in [-0.4, -0.2) is 29.7 Å². The highest BCUT2D eigenvalue weighted by atomic mass is 32.1. The molecule has 9 heteroatoms. The van der Waals surface area contributed by atoms with E-state index in [1.807, 2.05) is 223 Å². The van der Waals surface area contributed by atoms with Gasteiger partial charge in [-0.25, -0.2) is 9.97 Å². The number of benzene rings is 13. The van der Waals surface area contributed by atoms with E-state index in [1.165, 1.54) is 97.2 Å². The third-order valence-electron chi connectivity index (χ3n) is 15.5. The first-order valence-electron chi connectivity index (χ1n) is 39.2. The van der Waals surface area contributed by atoms with Gasteiger partial charge in [0.05, 0.1) is 20.2 Å². The van der Waals surface area contributed by atoms with Crippen molar-refractivity contribution in [2.75, 3.05) is 0 Å². The van der Waals surface area contributed by atoms with Crippen LogP contribution in [0.15, 0.2) is 289 Å². The standard InChI is InChI=1S/2C15H12.2C11H10.C8H7NO.C8H7NS.C7H8.C5H9N3.C4H5NS.8C2H6/c1-11-14-8-4-2-6-12(14)10-13-7-3-5-9-15(11)13;1-11-5-4-8-14-9-12-6-2-3-7-13(12)10-15(11)14;1-9-5-4-7-10-6-2-3-8-11(9)10;1-9-6-7-10-4-2-3-5-11(10)8-9;2*1-6-9-7-4-2-3-5-8(7)10-6;1-7-5-3-2-4-6-7;1-4-6-7-5(2)8(4)3;1-4-5-2-3-6-4;8*1-2/h2*2-10H,1H3;2*2-8H,1H3;2*2-5H,1H3;2-6H,1H3;1-3H3;2-3H,1H3;8*1-2H3. The number of rotatable bonds is 0. The van der Waals surface area contributed by atoms with Crippen LogP contribution in [0.5, 0.6) is 0 Å². The van der Waals surface area contributed by atoms with Gasteiger partial charge in [0.1, 0.15) is 17.2 Å². The van der Waals surface area contributed by atoms with Gasteiger partial charge in [-0.15, -0.1) is 32.9 Å². The molecule has 0 radical (unpaired) electrons. The zero-order valence-corrected chi connectivity index (χ0v) is 72.7. The van der Waals surface area contributed by atoms with Gasteiger partial charge in [-0.05, 0) is 186 Å². The number of hydrogen-bond donors (Lipinski definition) is 0. The molecule has 0 amide bonds. The lowest BCUT2D eigenvalue weighted by Gasteiger charge is -2.06. The smallest absolute Gasteiger partial charge is 0.192 e. The maximum Gasteiger partial charge on any atom is 0.192 e. The fraction of sp³-hybridized carbons (Fsp3) is 0.270. The van der Waals surface area contributed by atoms with Crippen molar-refractivity contribution in [3.05, 3.63) is 340 Å². The molecule has 0 unspecified atom stereocenters. The van der Waals surface area contributed by atoms with Crippen molar-refractivity contribution in [3.63, 3.8) is 0 Å². The molecule has 4 aromatic heterocycles. The summed E-state index contributed by atoms with van der Waals surface area (Å²) in [5.74, 6) is 2.64. The molecule has 0 atom stereocenters. The van der Waals surface area contributed by atoms with Crippen LogP contribution < -0.4 is 0 Å². The molecule has 13 aromatic carbocycles. The molecular weight excluding hydrogens is 1370 g/mol. The molecule has 0 saturated heterocycles. The zero-order chi connectivity index (χ0) is 81.5. The average molecular weight is 1490 g/mol. The van der Waals surface area contributed by atoms with E-state index < -0.39 is 0 Å². The van der Waals surface area contributed by atoms with Crippen molar-refractivity contribution in [3.8, 4) is 0 Å². The molecule has 0 bridgehead atoms. The maximum absolute atomic E-state index is 5.26. The van der Waals surface area contributed by atoms with E-state index >= 15 is 0 Å². The number of thiazole rings is 2. The predicted molar refractivity (Wildman–Crippen MR) is 492 cm³/mol. The van der Waals surface area contributed by atoms with Crippen molar-refractivity contribution in [2.24, 2.45) is 7.05 Å². The van der Waals surface area contributed by atoms with Gasteiger partial charge in [0.15, 0.2) is 11.5 Å². The molecule has 0 aliphatic carbocycles. The molecule has 0 aliphatic heterocycles. The lowest BCUT2D eigenvalue weighted by molar-refractivity contribution is 0.561. The Labute approximate surface area is 665 Å². The van der Waals surface area contributed by atoms with Crippen LogP contribution in [0, 0.1) is 69.2 Å². The van der Waals surface area contributed by atoms with Gasteiger partial charge in [-0.3, -0.25) is 4.98 Å². The molecule has 0 N–H and O–H groups in total. The van der Waals surface area contributed by atoms with Crippen LogP contribution >= 0.6 is 22.7 Å². The number of oxazole rings is 1. The van der Waals surface area contributed by atoms with E-state index in [1.54, 1.807) is 28.9 Å². The van der Waals surface area contributed by atoms with Gasteiger partial charge < -0.3 is 8.98 Å². The number of hydrogen-bond acceptors (Lipinski definition) is 8. The Kier molecular flexibility index (Phi) is 51.1. The molecule has 109 heavy (non-hydrogen) atoms. The number of aryl methyl sites for hydroxylation is 10. The lowest BCUT2D eigenvalue weighted by atomic mass is 9.98. The van der Waals surface area contributed by atoms with Gasteiger partial charge in [0, 0.05) is 25.5 Å². The van der Waals surface area contributed by atoms with E-state index in [-0.39, 0.29) is 0 Å². The summed E-state index contributed by atoms with van der Waals surface area (Å²) in [6.45, 7) is 52.4. The molecule has 17 aromatic rings. The van der Waals surface area contributed by atoms with Crippen molar-refractivity contribution in [1.82, 2.24) is 29.7 Å². The summed E-state index contributed by atoms with van der Waals surface area (Å²) in [4.78, 5) is 12.4. The number of aromatic nitrogens is 6. The first-order chi connectivity index (χ1) is 53.2. The second-order valence-corrected chi connectivity index (χ2v) is 24.9. The van der Waals surface area contributed by atoms with Crippen LogP contribution in [0.25, 0.3) is 86.0 Å². The summed E-state index contributed by atoms with van der Waals surface area (Å²) in [6, 6.07) is 94.8. The van der Waals surface area contributed by atoms with Gasteiger partial charge in [-0.1, -0.05) is 352 Å². The highest BCUT2D eigenvalue weighted by Gasteiger charge is 2.04. The van der Waals surface area contributed by atoms with Gasteiger partial charge in [0.2, 0.25) is 0 Å². The van der Waals surface area contributed by atoms with E-state index in [9.17, 15) is 0 Å². The zero-order valence-electron chi connectivity index (χ0n) is 71.0. The number of fused-ring (bicyclic) bond motifs is 8. The fourth-order valence-electron chi connectivity index (χ4n) is 10.4. The van der Waals surface area contributed by atoms with Crippen LogP contribution in [0.1, 0.15) is 166 Å². The highest BCUT2D eigenvalue weighted by Crippen LogP contribution is 2.28. The quantitative estimate of drug-likeness (QED) is 0.141. The summed E-state index contributed by atoms with van der Waals surface area (Å²) in [7, 11) is 1.95. The minimum absolute atomic E-state index is 0.723. The second kappa shape index (κ2) is 57.7. The summed E-state index contributed by atoms with van der Waals surface area (Å²) < 4.78 is 8.48. The van der Waals surface area contributed by atoms with Crippen LogP contribution in [0.4, 0.5) is 0 Å². The largest absolute Gasteiger partial charge is 0.441 e. The number of para-hydroxylation sites is 3. The van der Waals surface area contributed by atoms with Crippen LogP contribution in [-0.2, 0) is 7.05 Å². The van der Waals surface area contributed by atoms with E-state index in [0.29, 0.717) is 0 Å².